The van der Waals surface area contributed by atoms with E-state index in [4.69, 9.17) is 0 Å². The van der Waals surface area contributed by atoms with Gasteiger partial charge in [0.2, 0.25) is 0 Å². The predicted octanol–water partition coefficient (Wildman–Crippen LogP) is 4.33. The lowest BCUT2D eigenvalue weighted by molar-refractivity contribution is -0.148. The van der Waals surface area contributed by atoms with Gasteiger partial charge in [-0.1, -0.05) is 55.8 Å². The Morgan fingerprint density at radius 3 is 2.32 bits per heavy atom. The monoisotopic (exact) mass is 335 g/mol. The van der Waals surface area contributed by atoms with Gasteiger partial charge in [-0.2, -0.15) is 5.26 Å². The number of nitrogens with zero attached hydrogens (tertiary/aromatic N) is 1. The molecule has 2 aromatic carbocycles. The number of unbranched alkanes of at least 4 members (excludes halogenated alkanes) is 1. The lowest BCUT2D eigenvalue weighted by Gasteiger charge is -2.24. The van der Waals surface area contributed by atoms with Crippen molar-refractivity contribution in [1.82, 2.24) is 0 Å². The Morgan fingerprint density at radius 2 is 1.76 bits per heavy atom. The fraction of sp³-hybridized carbons (Fsp3) is 0.286. The smallest absolute Gasteiger partial charge is 0.321 e. The Hall–Kier alpha value is -2.93. The van der Waals surface area contributed by atoms with Crippen molar-refractivity contribution in [2.24, 2.45) is 0 Å². The van der Waals surface area contributed by atoms with Crippen LogP contribution in [0.5, 0.6) is 0 Å². The summed E-state index contributed by atoms with van der Waals surface area (Å²) in [4.78, 5) is 24.3. The Morgan fingerprint density at radius 1 is 1.12 bits per heavy atom. The molecule has 0 saturated carbocycles. The molecule has 0 aliphatic rings. The van der Waals surface area contributed by atoms with Gasteiger partial charge in [-0.25, -0.2) is 0 Å². The highest BCUT2D eigenvalue weighted by molar-refractivity contribution is 6.08. The molecule has 0 amide bonds. The van der Waals surface area contributed by atoms with Crippen molar-refractivity contribution in [3.05, 3.63) is 59.7 Å². The molecule has 0 aromatic heterocycles. The van der Waals surface area contributed by atoms with Crippen molar-refractivity contribution in [1.29, 1.82) is 5.26 Å². The Labute approximate surface area is 147 Å². The van der Waals surface area contributed by atoms with Crippen molar-refractivity contribution in [2.75, 3.05) is 0 Å². The third-order valence-electron chi connectivity index (χ3n) is 4.56. The molecule has 0 aliphatic carbocycles. The van der Waals surface area contributed by atoms with E-state index in [0.29, 0.717) is 17.5 Å². The lowest BCUT2D eigenvalue weighted by Crippen LogP contribution is -2.40. The fourth-order valence-electron chi connectivity index (χ4n) is 2.81. The molecule has 25 heavy (non-hydrogen) atoms. The standard InChI is InChI=1S/C21H21NO3/c1-3-4-9-19(23)21(2,20(24)25)17-12-10-15(11-13-17)18-8-6-5-7-16(18)14-22/h5-8,10-13H,3-4,9H2,1-2H3,(H,24,25). The second-order valence-electron chi connectivity index (χ2n) is 6.19. The number of ketones is 1. The van der Waals surface area contributed by atoms with Crippen LogP contribution in [-0.4, -0.2) is 16.9 Å². The molecule has 0 fully saturated rings. The average molecular weight is 335 g/mol. The molecule has 0 aliphatic heterocycles. The van der Waals surface area contributed by atoms with Crippen LogP contribution in [-0.2, 0) is 15.0 Å². The maximum absolute atomic E-state index is 12.5. The van der Waals surface area contributed by atoms with Crippen LogP contribution in [0.4, 0.5) is 0 Å². The van der Waals surface area contributed by atoms with E-state index in [1.807, 2.05) is 19.1 Å². The van der Waals surface area contributed by atoms with Crippen molar-refractivity contribution < 1.29 is 14.7 Å². The Kier molecular flexibility index (Phi) is 5.71. The van der Waals surface area contributed by atoms with Crippen molar-refractivity contribution in [3.63, 3.8) is 0 Å². The largest absolute Gasteiger partial charge is 0.480 e. The molecule has 4 heteroatoms. The summed E-state index contributed by atoms with van der Waals surface area (Å²) < 4.78 is 0. The number of nitriles is 1. The van der Waals surface area contributed by atoms with Gasteiger partial charge in [0, 0.05) is 6.42 Å². The maximum Gasteiger partial charge on any atom is 0.321 e. The summed E-state index contributed by atoms with van der Waals surface area (Å²) in [5.41, 5.74) is 1.05. The number of carboxylic acids is 1. The first-order valence-electron chi connectivity index (χ1n) is 8.31. The minimum Gasteiger partial charge on any atom is -0.480 e. The topological polar surface area (TPSA) is 78.2 Å². The molecular formula is C21H21NO3. The SMILES string of the molecule is CCCCC(=O)C(C)(C(=O)O)c1ccc(-c2ccccc2C#N)cc1. The lowest BCUT2D eigenvalue weighted by atomic mass is 9.76. The van der Waals surface area contributed by atoms with Crippen LogP contribution in [0.3, 0.4) is 0 Å². The zero-order valence-corrected chi connectivity index (χ0v) is 14.5. The highest BCUT2D eigenvalue weighted by Gasteiger charge is 2.42. The van der Waals surface area contributed by atoms with Crippen LogP contribution in [0, 0.1) is 11.3 Å². The van der Waals surface area contributed by atoms with Gasteiger partial charge in [0.15, 0.2) is 5.78 Å². The van der Waals surface area contributed by atoms with E-state index in [9.17, 15) is 20.0 Å². The summed E-state index contributed by atoms with van der Waals surface area (Å²) in [6.07, 6.45) is 1.76. The van der Waals surface area contributed by atoms with Crippen LogP contribution >= 0.6 is 0 Å². The first kappa shape index (κ1) is 18.4. The first-order valence-corrected chi connectivity index (χ1v) is 8.31. The summed E-state index contributed by atoms with van der Waals surface area (Å²) >= 11 is 0. The zero-order valence-electron chi connectivity index (χ0n) is 14.5. The number of carbonyl (C=O) groups is 2. The van der Waals surface area contributed by atoms with Crippen molar-refractivity contribution >= 4 is 11.8 Å². The van der Waals surface area contributed by atoms with Gasteiger partial charge in [-0.05, 0) is 36.1 Å². The summed E-state index contributed by atoms with van der Waals surface area (Å²) in [6.45, 7) is 3.43. The van der Waals surface area contributed by atoms with Gasteiger partial charge in [0.25, 0.3) is 0 Å². The number of rotatable bonds is 7. The van der Waals surface area contributed by atoms with Gasteiger partial charge < -0.3 is 5.11 Å². The number of Topliss-reactive ketones (excluding diaryl/α,β-unsaturated/α-hetero) is 1. The third kappa shape index (κ3) is 3.61. The van der Waals surface area contributed by atoms with Crippen LogP contribution in [0.25, 0.3) is 11.1 Å². The van der Waals surface area contributed by atoms with E-state index < -0.39 is 11.4 Å². The molecule has 128 valence electrons. The van der Waals surface area contributed by atoms with E-state index in [0.717, 1.165) is 17.5 Å². The molecule has 0 radical (unpaired) electrons. The van der Waals surface area contributed by atoms with E-state index in [-0.39, 0.29) is 12.2 Å². The molecule has 0 saturated heterocycles. The van der Waals surface area contributed by atoms with Crippen LogP contribution in [0.2, 0.25) is 0 Å². The average Bonchev–Trinajstić information content (AvgIpc) is 2.65. The van der Waals surface area contributed by atoms with Gasteiger partial charge in [-0.3, -0.25) is 9.59 Å². The maximum atomic E-state index is 12.5. The summed E-state index contributed by atoms with van der Waals surface area (Å²) in [6, 6.07) is 16.2. The van der Waals surface area contributed by atoms with E-state index in [2.05, 4.69) is 6.07 Å². The van der Waals surface area contributed by atoms with E-state index in [1.165, 1.54) is 6.92 Å². The second-order valence-corrected chi connectivity index (χ2v) is 6.19. The highest BCUT2D eigenvalue weighted by atomic mass is 16.4. The summed E-state index contributed by atoms with van der Waals surface area (Å²) in [7, 11) is 0. The summed E-state index contributed by atoms with van der Waals surface area (Å²) in [5, 5.41) is 18.9. The number of aliphatic carboxylic acids is 1. The number of hydrogen-bond acceptors (Lipinski definition) is 3. The Bertz CT molecular complexity index is 818. The van der Waals surface area contributed by atoms with Gasteiger partial charge >= 0.3 is 5.97 Å². The molecule has 0 bridgehead atoms. The van der Waals surface area contributed by atoms with Crippen LogP contribution in [0.1, 0.15) is 44.2 Å². The normalized spacial score (nSPS) is 12.8. The molecule has 1 N–H and O–H groups in total. The molecule has 1 unspecified atom stereocenters. The molecule has 0 spiro atoms. The van der Waals surface area contributed by atoms with Crippen molar-refractivity contribution in [2.45, 2.75) is 38.5 Å². The molecule has 4 nitrogen and oxygen atoms in total. The Balaban J connectivity index is 2.41. The van der Waals surface area contributed by atoms with E-state index in [1.54, 1.807) is 36.4 Å². The van der Waals surface area contributed by atoms with Crippen LogP contribution < -0.4 is 0 Å². The molecule has 2 rings (SSSR count). The predicted molar refractivity (Wildman–Crippen MR) is 96.1 cm³/mol. The fourth-order valence-corrected chi connectivity index (χ4v) is 2.81. The third-order valence-corrected chi connectivity index (χ3v) is 4.56. The van der Waals surface area contributed by atoms with Crippen molar-refractivity contribution in [3.8, 4) is 17.2 Å². The minimum atomic E-state index is -1.55. The quantitative estimate of drug-likeness (QED) is 0.764. The molecule has 2 aromatic rings. The molecular weight excluding hydrogens is 314 g/mol. The minimum absolute atomic E-state index is 0.248. The summed E-state index contributed by atoms with van der Waals surface area (Å²) in [5.74, 6) is -1.43. The molecule has 1 atom stereocenters. The second kappa shape index (κ2) is 7.76. The van der Waals surface area contributed by atoms with Gasteiger partial charge in [0.1, 0.15) is 5.41 Å². The highest BCUT2D eigenvalue weighted by Crippen LogP contribution is 2.31. The molecule has 0 heterocycles. The first-order chi connectivity index (χ1) is 11.9. The number of benzene rings is 2. The van der Waals surface area contributed by atoms with Gasteiger partial charge in [-0.15, -0.1) is 0 Å². The zero-order chi connectivity index (χ0) is 18.4. The van der Waals surface area contributed by atoms with Crippen LogP contribution in [0.15, 0.2) is 48.5 Å². The van der Waals surface area contributed by atoms with E-state index >= 15 is 0 Å². The number of carbonyl (C=O) groups excluding carboxylic acids is 1. The number of hydrogen-bond donors (Lipinski definition) is 1. The number of carboxylic acid groups (broad SMARTS) is 1. The van der Waals surface area contributed by atoms with Gasteiger partial charge in [0.05, 0.1) is 11.6 Å².